The summed E-state index contributed by atoms with van der Waals surface area (Å²) in [5, 5.41) is 0.585. The number of nitrogens with zero attached hydrogens (tertiary/aromatic N) is 4. The Hall–Kier alpha value is -0.870. The van der Waals surface area contributed by atoms with E-state index in [9.17, 15) is 0 Å². The van der Waals surface area contributed by atoms with Gasteiger partial charge in [0.05, 0.1) is 0 Å². The van der Waals surface area contributed by atoms with Gasteiger partial charge >= 0.3 is 0 Å². The van der Waals surface area contributed by atoms with Crippen molar-refractivity contribution < 1.29 is 0 Å². The Morgan fingerprint density at radius 3 is 2.43 bits per heavy atom. The van der Waals surface area contributed by atoms with Crippen molar-refractivity contribution in [1.29, 1.82) is 0 Å². The van der Waals surface area contributed by atoms with Gasteiger partial charge in [0.25, 0.3) is 0 Å². The largest absolute Gasteiger partial charge is 0.356 e. The van der Waals surface area contributed by atoms with Crippen LogP contribution >= 0.6 is 11.6 Å². The van der Waals surface area contributed by atoms with E-state index < -0.39 is 0 Å². The molecule has 0 saturated carbocycles. The summed E-state index contributed by atoms with van der Waals surface area (Å²) >= 11 is 6.31. The number of likely N-dealkylation sites (tertiary alicyclic amines) is 1. The van der Waals surface area contributed by atoms with Gasteiger partial charge in [-0.2, -0.15) is 0 Å². The topological polar surface area (TPSA) is 32.3 Å². The maximum Gasteiger partial charge on any atom is 0.137 e. The minimum Gasteiger partial charge on any atom is -0.356 e. The van der Waals surface area contributed by atoms with E-state index in [1.54, 1.807) is 0 Å². The lowest BCUT2D eigenvalue weighted by molar-refractivity contribution is 0.220. The molecule has 1 fully saturated rings. The molecule has 0 bridgehead atoms. The van der Waals surface area contributed by atoms with E-state index in [-0.39, 0.29) is 5.92 Å². The van der Waals surface area contributed by atoms with E-state index in [0.717, 1.165) is 23.8 Å². The first-order chi connectivity index (χ1) is 9.93. The highest BCUT2D eigenvalue weighted by molar-refractivity contribution is 6.30. The molecule has 4 nitrogen and oxygen atoms in total. The number of hydrogen-bond donors (Lipinski definition) is 0. The molecule has 1 aliphatic heterocycles. The zero-order valence-electron chi connectivity index (χ0n) is 13.9. The molecule has 0 aromatic carbocycles. The van der Waals surface area contributed by atoms with Crippen LogP contribution in [-0.2, 0) is 0 Å². The van der Waals surface area contributed by atoms with Crippen LogP contribution < -0.4 is 4.90 Å². The standard InChI is InChI=1S/C16H27ClN4/c1-6-21-9-7-13(8-10-21)20(5)16-12(4)14(17)18-15(19-16)11(2)3/h11,13H,6-10H2,1-5H3. The molecule has 1 aromatic rings. The fourth-order valence-electron chi connectivity index (χ4n) is 2.89. The second-order valence-corrected chi connectivity index (χ2v) is 6.61. The van der Waals surface area contributed by atoms with Crippen molar-refractivity contribution in [2.45, 2.75) is 52.5 Å². The van der Waals surface area contributed by atoms with Crippen molar-refractivity contribution in [3.63, 3.8) is 0 Å². The average molecular weight is 311 g/mol. The Kier molecular flexibility index (Phi) is 5.44. The van der Waals surface area contributed by atoms with Gasteiger partial charge in [-0.15, -0.1) is 0 Å². The Labute approximate surface area is 133 Å². The lowest BCUT2D eigenvalue weighted by Crippen LogP contribution is -2.43. The van der Waals surface area contributed by atoms with Crippen molar-refractivity contribution >= 4 is 17.4 Å². The normalized spacial score (nSPS) is 17.5. The van der Waals surface area contributed by atoms with E-state index in [4.69, 9.17) is 16.6 Å². The van der Waals surface area contributed by atoms with Crippen LogP contribution in [-0.4, -0.2) is 47.6 Å². The average Bonchev–Trinajstić information content (AvgIpc) is 2.49. The smallest absolute Gasteiger partial charge is 0.137 e. The summed E-state index contributed by atoms with van der Waals surface area (Å²) in [6.07, 6.45) is 2.37. The van der Waals surface area contributed by atoms with Gasteiger partial charge in [0.15, 0.2) is 0 Å². The molecule has 118 valence electrons. The van der Waals surface area contributed by atoms with Gasteiger partial charge in [-0.3, -0.25) is 0 Å². The Bertz CT molecular complexity index is 481. The Balaban J connectivity index is 2.20. The fraction of sp³-hybridized carbons (Fsp3) is 0.750. The van der Waals surface area contributed by atoms with Gasteiger partial charge in [-0.25, -0.2) is 9.97 Å². The fourth-order valence-corrected chi connectivity index (χ4v) is 3.06. The van der Waals surface area contributed by atoms with E-state index in [1.807, 2.05) is 6.92 Å². The number of aromatic nitrogens is 2. The van der Waals surface area contributed by atoms with Crippen molar-refractivity contribution in [3.8, 4) is 0 Å². The highest BCUT2D eigenvalue weighted by atomic mass is 35.5. The summed E-state index contributed by atoms with van der Waals surface area (Å²) < 4.78 is 0. The van der Waals surface area contributed by atoms with E-state index in [1.165, 1.54) is 25.9 Å². The van der Waals surface area contributed by atoms with E-state index >= 15 is 0 Å². The molecule has 21 heavy (non-hydrogen) atoms. The number of anilines is 1. The molecule has 0 aliphatic carbocycles. The SMILES string of the molecule is CCN1CCC(N(C)c2nc(C(C)C)nc(Cl)c2C)CC1. The van der Waals surface area contributed by atoms with Crippen LogP contribution in [0.1, 0.15) is 50.9 Å². The van der Waals surface area contributed by atoms with Crippen molar-refractivity contribution in [2.24, 2.45) is 0 Å². The molecule has 1 saturated heterocycles. The molecule has 1 aromatic heterocycles. The predicted octanol–water partition coefficient (Wildman–Crippen LogP) is 3.48. The minimum absolute atomic E-state index is 0.289. The van der Waals surface area contributed by atoms with Crippen LogP contribution in [0.3, 0.4) is 0 Å². The molecule has 0 radical (unpaired) electrons. The summed E-state index contributed by atoms with van der Waals surface area (Å²) in [5.74, 6) is 2.12. The third-order valence-corrected chi connectivity index (χ3v) is 4.85. The molecule has 0 atom stereocenters. The molecular formula is C16H27ClN4. The lowest BCUT2D eigenvalue weighted by Gasteiger charge is -2.37. The first kappa shape index (κ1) is 16.5. The summed E-state index contributed by atoms with van der Waals surface area (Å²) in [5.41, 5.74) is 0.987. The monoisotopic (exact) mass is 310 g/mol. The van der Waals surface area contributed by atoms with Crippen LogP contribution in [0.25, 0.3) is 0 Å². The van der Waals surface area contributed by atoms with E-state index in [0.29, 0.717) is 11.2 Å². The molecular weight excluding hydrogens is 284 g/mol. The molecule has 0 spiro atoms. The number of hydrogen-bond acceptors (Lipinski definition) is 4. The maximum absolute atomic E-state index is 6.31. The van der Waals surface area contributed by atoms with Gasteiger partial charge in [-0.05, 0) is 26.3 Å². The molecule has 0 N–H and O–H groups in total. The second kappa shape index (κ2) is 6.93. The van der Waals surface area contributed by atoms with Gasteiger partial charge in [0.1, 0.15) is 16.8 Å². The summed E-state index contributed by atoms with van der Waals surface area (Å²) in [7, 11) is 2.14. The van der Waals surface area contributed by atoms with Gasteiger partial charge in [0, 0.05) is 37.7 Å². The first-order valence-electron chi connectivity index (χ1n) is 7.93. The van der Waals surface area contributed by atoms with Crippen LogP contribution in [0.15, 0.2) is 0 Å². The highest BCUT2D eigenvalue weighted by Gasteiger charge is 2.25. The Morgan fingerprint density at radius 1 is 1.29 bits per heavy atom. The lowest BCUT2D eigenvalue weighted by atomic mass is 10.0. The summed E-state index contributed by atoms with van der Waals surface area (Å²) in [4.78, 5) is 14.0. The number of rotatable bonds is 4. The summed E-state index contributed by atoms with van der Waals surface area (Å²) in [6.45, 7) is 11.9. The first-order valence-corrected chi connectivity index (χ1v) is 8.31. The molecule has 2 heterocycles. The molecule has 1 aliphatic rings. The number of halogens is 1. The third kappa shape index (κ3) is 3.67. The van der Waals surface area contributed by atoms with Gasteiger partial charge in [0.2, 0.25) is 0 Å². The zero-order valence-corrected chi connectivity index (χ0v) is 14.6. The van der Waals surface area contributed by atoms with Crippen LogP contribution in [0, 0.1) is 6.92 Å². The van der Waals surface area contributed by atoms with Crippen molar-refractivity contribution in [3.05, 3.63) is 16.5 Å². The van der Waals surface area contributed by atoms with Gasteiger partial charge < -0.3 is 9.80 Å². The zero-order chi connectivity index (χ0) is 15.6. The van der Waals surface area contributed by atoms with Crippen LogP contribution in [0.4, 0.5) is 5.82 Å². The highest BCUT2D eigenvalue weighted by Crippen LogP contribution is 2.28. The summed E-state index contributed by atoms with van der Waals surface area (Å²) in [6, 6.07) is 0.539. The van der Waals surface area contributed by atoms with Crippen molar-refractivity contribution in [1.82, 2.24) is 14.9 Å². The molecule has 5 heteroatoms. The molecule has 0 unspecified atom stereocenters. The second-order valence-electron chi connectivity index (χ2n) is 6.25. The quantitative estimate of drug-likeness (QED) is 0.797. The third-order valence-electron chi connectivity index (χ3n) is 4.48. The molecule has 2 rings (SSSR count). The minimum atomic E-state index is 0.289. The van der Waals surface area contributed by atoms with Gasteiger partial charge in [-0.1, -0.05) is 32.4 Å². The predicted molar refractivity (Wildman–Crippen MR) is 89.4 cm³/mol. The molecule has 0 amide bonds. The maximum atomic E-state index is 6.31. The Morgan fingerprint density at radius 2 is 1.90 bits per heavy atom. The van der Waals surface area contributed by atoms with E-state index in [2.05, 4.69) is 42.6 Å². The number of piperidine rings is 1. The van der Waals surface area contributed by atoms with Crippen LogP contribution in [0.2, 0.25) is 5.15 Å². The van der Waals surface area contributed by atoms with Crippen molar-refractivity contribution in [2.75, 3.05) is 31.6 Å². The van der Waals surface area contributed by atoms with Crippen LogP contribution in [0.5, 0.6) is 0 Å².